The van der Waals surface area contributed by atoms with Crippen molar-refractivity contribution in [3.05, 3.63) is 94.5 Å². The van der Waals surface area contributed by atoms with Crippen LogP contribution < -0.4 is 4.90 Å². The maximum Gasteiger partial charge on any atom is 0.301 e. The topological polar surface area (TPSA) is 83.4 Å². The molecule has 0 radical (unpaired) electrons. The van der Waals surface area contributed by atoms with E-state index in [0.717, 1.165) is 16.3 Å². The number of amides is 1. The fourth-order valence-electron chi connectivity index (χ4n) is 3.95. The van der Waals surface area contributed by atoms with E-state index in [2.05, 4.69) is 10.2 Å². The first-order valence-corrected chi connectivity index (χ1v) is 10.5. The third kappa shape index (κ3) is 3.10. The summed E-state index contributed by atoms with van der Waals surface area (Å²) in [5.41, 5.74) is 1.25. The Kier molecular flexibility index (Phi) is 4.60. The number of carbonyl (C=O) groups is 2. The minimum Gasteiger partial charge on any atom is -0.507 e. The van der Waals surface area contributed by atoms with Gasteiger partial charge in [-0.15, -0.1) is 10.2 Å². The zero-order valence-electron chi connectivity index (χ0n) is 16.5. The quantitative estimate of drug-likeness (QED) is 0.293. The van der Waals surface area contributed by atoms with Gasteiger partial charge in [-0.2, -0.15) is 0 Å². The molecule has 4 aromatic rings. The van der Waals surface area contributed by atoms with Gasteiger partial charge in [0.25, 0.3) is 5.78 Å². The Morgan fingerprint density at radius 2 is 1.65 bits per heavy atom. The fourth-order valence-corrected chi connectivity index (χ4v) is 4.66. The van der Waals surface area contributed by atoms with Gasteiger partial charge in [-0.1, -0.05) is 84.1 Å². The van der Waals surface area contributed by atoms with Crippen molar-refractivity contribution < 1.29 is 14.7 Å². The molecule has 1 aromatic heterocycles. The summed E-state index contributed by atoms with van der Waals surface area (Å²) in [4.78, 5) is 27.7. The number of aryl methyl sites for hydroxylation is 1. The number of hydrogen-bond acceptors (Lipinski definition) is 6. The van der Waals surface area contributed by atoms with E-state index in [1.807, 2.05) is 48.5 Å². The normalized spacial score (nSPS) is 18.1. The number of nitrogens with zero attached hydrogens (tertiary/aromatic N) is 3. The lowest BCUT2D eigenvalue weighted by atomic mass is 9.92. The molecule has 1 aliphatic rings. The van der Waals surface area contributed by atoms with Crippen molar-refractivity contribution in [3.8, 4) is 0 Å². The monoisotopic (exact) mass is 427 g/mol. The molecule has 0 aliphatic carbocycles. The molecule has 152 valence electrons. The number of Topliss-reactive ketones (excluding diaryl/α,β-unsaturated/α-hetero) is 1. The van der Waals surface area contributed by atoms with Crippen LogP contribution in [0.3, 0.4) is 0 Å². The zero-order chi connectivity index (χ0) is 21.5. The Balaban J connectivity index is 1.81. The first kappa shape index (κ1) is 19.1. The highest BCUT2D eigenvalue weighted by Crippen LogP contribution is 2.44. The average Bonchev–Trinajstić information content (AvgIpc) is 3.34. The van der Waals surface area contributed by atoms with Crippen molar-refractivity contribution in [1.29, 1.82) is 0 Å². The molecular weight excluding hydrogens is 410 g/mol. The van der Waals surface area contributed by atoms with Gasteiger partial charge in [0, 0.05) is 5.56 Å². The molecule has 0 spiro atoms. The molecule has 1 saturated heterocycles. The summed E-state index contributed by atoms with van der Waals surface area (Å²) in [6, 6.07) is 21.4. The van der Waals surface area contributed by atoms with Gasteiger partial charge in [-0.05, 0) is 23.3 Å². The molecule has 2 heterocycles. The molecule has 0 saturated carbocycles. The van der Waals surface area contributed by atoms with Crippen LogP contribution >= 0.6 is 11.3 Å². The number of anilines is 1. The van der Waals surface area contributed by atoms with Crippen LogP contribution in [0, 0.1) is 6.92 Å². The lowest BCUT2D eigenvalue weighted by molar-refractivity contribution is -0.132. The van der Waals surface area contributed by atoms with E-state index in [-0.39, 0.29) is 11.3 Å². The summed E-state index contributed by atoms with van der Waals surface area (Å²) < 4.78 is 0. The van der Waals surface area contributed by atoms with Crippen molar-refractivity contribution in [1.82, 2.24) is 10.2 Å². The number of ketones is 1. The van der Waals surface area contributed by atoms with E-state index in [1.165, 1.54) is 16.2 Å². The summed E-state index contributed by atoms with van der Waals surface area (Å²) in [5, 5.41) is 22.1. The molecule has 1 atom stereocenters. The summed E-state index contributed by atoms with van der Waals surface area (Å²) in [6.45, 7) is 1.79. The molecule has 1 amide bonds. The third-order valence-corrected chi connectivity index (χ3v) is 6.17. The first-order valence-electron chi connectivity index (χ1n) is 9.70. The molecular formula is C24H17N3O3S. The second-order valence-corrected chi connectivity index (χ2v) is 8.37. The van der Waals surface area contributed by atoms with Gasteiger partial charge >= 0.3 is 5.91 Å². The van der Waals surface area contributed by atoms with Crippen LogP contribution in [0.5, 0.6) is 0 Å². The number of carbonyl (C=O) groups excluding carboxylic acids is 2. The number of hydrogen-bond donors (Lipinski definition) is 1. The lowest BCUT2D eigenvalue weighted by Crippen LogP contribution is -2.29. The predicted molar refractivity (Wildman–Crippen MR) is 120 cm³/mol. The highest BCUT2D eigenvalue weighted by Gasteiger charge is 2.48. The summed E-state index contributed by atoms with van der Waals surface area (Å²) in [7, 11) is 0. The predicted octanol–water partition coefficient (Wildman–Crippen LogP) is 4.63. The zero-order valence-corrected chi connectivity index (χ0v) is 17.3. The van der Waals surface area contributed by atoms with Gasteiger partial charge < -0.3 is 5.11 Å². The van der Waals surface area contributed by atoms with Crippen molar-refractivity contribution in [2.75, 3.05) is 4.90 Å². The Hall–Kier alpha value is -3.84. The lowest BCUT2D eigenvalue weighted by Gasteiger charge is -2.24. The second kappa shape index (κ2) is 7.45. The summed E-state index contributed by atoms with van der Waals surface area (Å²) in [6.07, 6.45) is 0. The first-order chi connectivity index (χ1) is 15.1. The van der Waals surface area contributed by atoms with Crippen LogP contribution in [0.4, 0.5) is 5.13 Å². The largest absolute Gasteiger partial charge is 0.507 e. The van der Waals surface area contributed by atoms with E-state index < -0.39 is 17.7 Å². The SMILES string of the molecule is Cc1nnc(N2C(=O)C(=O)C(=C(O)c3ccccc3)[C@H]2c2cccc3ccccc23)s1. The fraction of sp³-hybridized carbons (Fsp3) is 0.0833. The van der Waals surface area contributed by atoms with Crippen LogP contribution in [0.2, 0.25) is 0 Å². The number of benzene rings is 3. The maximum atomic E-state index is 13.2. The van der Waals surface area contributed by atoms with E-state index in [0.29, 0.717) is 15.7 Å². The molecule has 1 fully saturated rings. The van der Waals surface area contributed by atoms with Crippen LogP contribution in [0.1, 0.15) is 22.2 Å². The Morgan fingerprint density at radius 1 is 0.935 bits per heavy atom. The molecule has 5 rings (SSSR count). The van der Waals surface area contributed by atoms with Gasteiger partial charge in [0.1, 0.15) is 10.8 Å². The molecule has 7 heteroatoms. The Morgan fingerprint density at radius 3 is 2.39 bits per heavy atom. The van der Waals surface area contributed by atoms with E-state index in [4.69, 9.17) is 0 Å². The van der Waals surface area contributed by atoms with Crippen molar-refractivity contribution in [2.24, 2.45) is 0 Å². The second-order valence-electron chi connectivity index (χ2n) is 7.21. The van der Waals surface area contributed by atoms with Crippen LogP contribution in [-0.4, -0.2) is 27.0 Å². The van der Waals surface area contributed by atoms with Crippen molar-refractivity contribution >= 4 is 44.7 Å². The summed E-state index contributed by atoms with van der Waals surface area (Å²) in [5.74, 6) is -1.68. The maximum absolute atomic E-state index is 13.2. The molecule has 6 nitrogen and oxygen atoms in total. The van der Waals surface area contributed by atoms with E-state index in [9.17, 15) is 14.7 Å². The molecule has 31 heavy (non-hydrogen) atoms. The number of aromatic nitrogens is 2. The Bertz CT molecular complexity index is 1360. The van der Waals surface area contributed by atoms with E-state index in [1.54, 1.807) is 31.2 Å². The van der Waals surface area contributed by atoms with Gasteiger partial charge in [-0.3, -0.25) is 14.5 Å². The van der Waals surface area contributed by atoms with Crippen LogP contribution in [0.15, 0.2) is 78.4 Å². The number of rotatable bonds is 3. The minimum absolute atomic E-state index is 0.0420. The summed E-state index contributed by atoms with van der Waals surface area (Å²) >= 11 is 1.23. The average molecular weight is 427 g/mol. The van der Waals surface area contributed by atoms with Crippen molar-refractivity contribution in [2.45, 2.75) is 13.0 Å². The molecule has 0 bridgehead atoms. The van der Waals surface area contributed by atoms with Gasteiger partial charge in [0.2, 0.25) is 5.13 Å². The minimum atomic E-state index is -0.821. The molecule has 0 unspecified atom stereocenters. The highest BCUT2D eigenvalue weighted by atomic mass is 32.1. The number of aliphatic hydroxyl groups is 1. The van der Waals surface area contributed by atoms with Crippen LogP contribution in [0.25, 0.3) is 16.5 Å². The standard InChI is InChI=1S/C24H17N3O3S/c1-14-25-26-24(31-14)27-20(18-13-7-11-15-8-5-6-12-17(15)18)19(22(29)23(27)30)21(28)16-9-3-2-4-10-16/h2-13,20,28H,1H3/t20-/m1/s1. The van der Waals surface area contributed by atoms with Gasteiger partial charge in [0.05, 0.1) is 11.6 Å². The van der Waals surface area contributed by atoms with Crippen LogP contribution in [-0.2, 0) is 9.59 Å². The highest BCUT2D eigenvalue weighted by molar-refractivity contribution is 7.15. The van der Waals surface area contributed by atoms with Gasteiger partial charge in [0.15, 0.2) is 0 Å². The smallest absolute Gasteiger partial charge is 0.301 e. The molecule has 1 N–H and O–H groups in total. The van der Waals surface area contributed by atoms with Crippen molar-refractivity contribution in [3.63, 3.8) is 0 Å². The molecule has 3 aromatic carbocycles. The molecule has 1 aliphatic heterocycles. The Labute approximate surface area is 182 Å². The van der Waals surface area contributed by atoms with Gasteiger partial charge in [-0.25, -0.2) is 0 Å². The van der Waals surface area contributed by atoms with E-state index >= 15 is 0 Å². The number of aliphatic hydroxyl groups excluding tert-OH is 1. The third-order valence-electron chi connectivity index (χ3n) is 5.33. The number of fused-ring (bicyclic) bond motifs is 1.